The molecule has 4 rings (SSSR count). The number of pyridine rings is 2. The van der Waals surface area contributed by atoms with Crippen molar-refractivity contribution in [3.63, 3.8) is 0 Å². The van der Waals surface area contributed by atoms with E-state index < -0.39 is 0 Å². The lowest BCUT2D eigenvalue weighted by Gasteiger charge is -2.09. The van der Waals surface area contributed by atoms with Gasteiger partial charge in [0.1, 0.15) is 5.82 Å². The van der Waals surface area contributed by atoms with Crippen molar-refractivity contribution in [2.75, 3.05) is 5.32 Å². The number of hydrogen-bond donors (Lipinski definition) is 1. The van der Waals surface area contributed by atoms with Gasteiger partial charge in [0.2, 0.25) is 0 Å². The maximum Gasteiger partial charge on any atom is 0.257 e. The Morgan fingerprint density at radius 1 is 1.07 bits per heavy atom. The molecule has 148 valence electrons. The maximum atomic E-state index is 13.2. The molecular formula is C20H20ClN7O. The predicted molar refractivity (Wildman–Crippen MR) is 112 cm³/mol. The van der Waals surface area contributed by atoms with Gasteiger partial charge in [-0.1, -0.05) is 11.6 Å². The molecule has 4 aromatic rings. The molecule has 0 radical (unpaired) electrons. The topological polar surface area (TPSA) is 90.5 Å². The molecule has 1 amide bonds. The fourth-order valence-electron chi connectivity index (χ4n) is 3.53. The van der Waals surface area contributed by atoms with Crippen LogP contribution in [0, 0.1) is 20.8 Å². The summed E-state index contributed by atoms with van der Waals surface area (Å²) in [5, 5.41) is 13.0. The Morgan fingerprint density at radius 2 is 1.79 bits per heavy atom. The van der Waals surface area contributed by atoms with E-state index in [9.17, 15) is 4.79 Å². The maximum absolute atomic E-state index is 13.2. The monoisotopic (exact) mass is 409 g/mol. The molecule has 4 heterocycles. The Bertz CT molecular complexity index is 1250. The first-order chi connectivity index (χ1) is 13.8. The van der Waals surface area contributed by atoms with Crippen LogP contribution in [0.4, 0.5) is 5.82 Å². The van der Waals surface area contributed by atoms with E-state index in [1.165, 1.54) is 6.20 Å². The lowest BCUT2D eigenvalue weighted by Crippen LogP contribution is -2.14. The number of anilines is 1. The van der Waals surface area contributed by atoms with Gasteiger partial charge < -0.3 is 5.32 Å². The Labute approximate surface area is 172 Å². The smallest absolute Gasteiger partial charge is 0.257 e. The number of amides is 1. The molecule has 0 aliphatic heterocycles. The number of carbonyl (C=O) groups excluding carboxylic acids is 1. The van der Waals surface area contributed by atoms with E-state index in [0.717, 1.165) is 22.6 Å². The fourth-order valence-corrected chi connectivity index (χ4v) is 3.64. The van der Waals surface area contributed by atoms with Crippen LogP contribution in [0.25, 0.3) is 22.3 Å². The van der Waals surface area contributed by atoms with Gasteiger partial charge in [-0.2, -0.15) is 10.2 Å². The predicted octanol–water partition coefficient (Wildman–Crippen LogP) is 3.59. The first kappa shape index (κ1) is 19.1. The number of nitrogens with one attached hydrogen (secondary N) is 1. The summed E-state index contributed by atoms with van der Waals surface area (Å²) in [6, 6.07) is 5.12. The first-order valence-corrected chi connectivity index (χ1v) is 9.42. The second-order valence-corrected chi connectivity index (χ2v) is 7.38. The first-order valence-electron chi connectivity index (χ1n) is 9.04. The van der Waals surface area contributed by atoms with Crippen molar-refractivity contribution in [1.82, 2.24) is 29.5 Å². The molecule has 0 saturated carbocycles. The highest BCUT2D eigenvalue weighted by molar-refractivity contribution is 6.30. The van der Waals surface area contributed by atoms with Crippen molar-refractivity contribution in [3.05, 3.63) is 52.1 Å². The van der Waals surface area contributed by atoms with Crippen LogP contribution in [0.5, 0.6) is 0 Å². The molecule has 0 atom stereocenters. The number of hydrogen-bond acceptors (Lipinski definition) is 5. The second kappa shape index (κ2) is 6.97. The van der Waals surface area contributed by atoms with Gasteiger partial charge in [0, 0.05) is 31.5 Å². The quantitative estimate of drug-likeness (QED) is 0.558. The van der Waals surface area contributed by atoms with Crippen molar-refractivity contribution < 1.29 is 4.79 Å². The number of carbonyl (C=O) groups is 1. The molecule has 0 aliphatic rings. The van der Waals surface area contributed by atoms with Crippen LogP contribution < -0.4 is 5.32 Å². The van der Waals surface area contributed by atoms with Gasteiger partial charge in [0.05, 0.1) is 33.1 Å². The number of aryl methyl sites for hydroxylation is 4. The van der Waals surface area contributed by atoms with E-state index in [2.05, 4.69) is 20.5 Å². The van der Waals surface area contributed by atoms with Crippen LogP contribution in [0.3, 0.4) is 0 Å². The minimum atomic E-state index is -0.288. The van der Waals surface area contributed by atoms with E-state index >= 15 is 0 Å². The molecule has 29 heavy (non-hydrogen) atoms. The Morgan fingerprint density at radius 3 is 2.41 bits per heavy atom. The van der Waals surface area contributed by atoms with Crippen LogP contribution in [-0.2, 0) is 14.1 Å². The molecular weight excluding hydrogens is 390 g/mol. The lowest BCUT2D eigenvalue weighted by atomic mass is 10.0. The third-order valence-corrected chi connectivity index (χ3v) is 5.17. The molecule has 0 fully saturated rings. The normalized spacial score (nSPS) is 11.2. The van der Waals surface area contributed by atoms with Gasteiger partial charge in [-0.05, 0) is 39.0 Å². The summed E-state index contributed by atoms with van der Waals surface area (Å²) in [6.45, 7) is 5.77. The summed E-state index contributed by atoms with van der Waals surface area (Å²) >= 11 is 5.88. The molecule has 0 aromatic carbocycles. The standard InChI is InChI=1S/C20H20ClN7O/c1-10-17(12(3)27(4)25-10)15-8-14(18-11(2)26-28(5)19(18)23-15)20(29)24-16-7-6-13(21)9-22-16/h6-9H,1-5H3,(H,22,24,29). The number of rotatable bonds is 3. The second-order valence-electron chi connectivity index (χ2n) is 6.95. The molecule has 1 N–H and O–H groups in total. The van der Waals surface area contributed by atoms with Gasteiger partial charge in [0.15, 0.2) is 5.65 Å². The molecule has 0 spiro atoms. The van der Waals surface area contributed by atoms with Crippen LogP contribution in [-0.4, -0.2) is 35.4 Å². The third-order valence-electron chi connectivity index (χ3n) is 4.95. The summed E-state index contributed by atoms with van der Waals surface area (Å²) in [4.78, 5) is 22.1. The molecule has 9 heteroatoms. The largest absolute Gasteiger partial charge is 0.307 e. The molecule has 0 aliphatic carbocycles. The summed E-state index contributed by atoms with van der Waals surface area (Å²) < 4.78 is 3.49. The highest BCUT2D eigenvalue weighted by Crippen LogP contribution is 2.30. The molecule has 4 aromatic heterocycles. The average Bonchev–Trinajstić information content (AvgIpc) is 3.10. The molecule has 0 bridgehead atoms. The summed E-state index contributed by atoms with van der Waals surface area (Å²) in [7, 11) is 3.70. The van der Waals surface area contributed by atoms with Gasteiger partial charge in [0.25, 0.3) is 5.91 Å². The number of aromatic nitrogens is 6. The van der Waals surface area contributed by atoms with E-state index in [4.69, 9.17) is 16.6 Å². The minimum Gasteiger partial charge on any atom is -0.307 e. The van der Waals surface area contributed by atoms with Crippen LogP contribution in [0.2, 0.25) is 5.02 Å². The van der Waals surface area contributed by atoms with Gasteiger partial charge in [-0.25, -0.2) is 9.97 Å². The van der Waals surface area contributed by atoms with Crippen molar-refractivity contribution in [1.29, 1.82) is 0 Å². The fraction of sp³-hybridized carbons (Fsp3) is 0.250. The highest BCUT2D eigenvalue weighted by atomic mass is 35.5. The van der Waals surface area contributed by atoms with E-state index in [1.807, 2.05) is 39.5 Å². The van der Waals surface area contributed by atoms with E-state index in [-0.39, 0.29) is 5.91 Å². The van der Waals surface area contributed by atoms with Crippen molar-refractivity contribution in [2.45, 2.75) is 20.8 Å². The van der Waals surface area contributed by atoms with Gasteiger partial charge in [-0.15, -0.1) is 0 Å². The van der Waals surface area contributed by atoms with Gasteiger partial charge >= 0.3 is 0 Å². The van der Waals surface area contributed by atoms with E-state index in [1.54, 1.807) is 22.9 Å². The van der Waals surface area contributed by atoms with Crippen molar-refractivity contribution in [3.8, 4) is 11.3 Å². The Kier molecular flexibility index (Phi) is 4.58. The molecule has 8 nitrogen and oxygen atoms in total. The molecule has 0 saturated heterocycles. The number of halogens is 1. The summed E-state index contributed by atoms with van der Waals surface area (Å²) in [5.74, 6) is 0.130. The van der Waals surface area contributed by atoms with Crippen LogP contribution >= 0.6 is 11.6 Å². The summed E-state index contributed by atoms with van der Waals surface area (Å²) in [6.07, 6.45) is 1.49. The zero-order valence-corrected chi connectivity index (χ0v) is 17.5. The van der Waals surface area contributed by atoms with Gasteiger partial charge in [-0.3, -0.25) is 14.2 Å². The van der Waals surface area contributed by atoms with Crippen molar-refractivity contribution >= 4 is 34.4 Å². The van der Waals surface area contributed by atoms with Crippen LogP contribution in [0.1, 0.15) is 27.4 Å². The van der Waals surface area contributed by atoms with Crippen LogP contribution in [0.15, 0.2) is 24.4 Å². The minimum absolute atomic E-state index is 0.288. The average molecular weight is 410 g/mol. The third kappa shape index (κ3) is 3.25. The number of nitrogens with zero attached hydrogens (tertiary/aromatic N) is 6. The summed E-state index contributed by atoms with van der Waals surface area (Å²) in [5.41, 5.74) is 5.26. The highest BCUT2D eigenvalue weighted by Gasteiger charge is 2.22. The number of fused-ring (bicyclic) bond motifs is 1. The van der Waals surface area contributed by atoms with E-state index in [0.29, 0.717) is 33.1 Å². The Hall–Kier alpha value is -3.26. The lowest BCUT2D eigenvalue weighted by molar-refractivity contribution is 0.102. The zero-order valence-electron chi connectivity index (χ0n) is 16.8. The zero-order chi connectivity index (χ0) is 20.9. The van der Waals surface area contributed by atoms with Crippen molar-refractivity contribution in [2.24, 2.45) is 14.1 Å². The Balaban J connectivity index is 1.90. The SMILES string of the molecule is Cc1nn(C)c(C)c1-c1cc(C(=O)Nc2ccc(Cl)cn2)c2c(C)nn(C)c2n1. The molecule has 0 unspecified atom stereocenters.